The Morgan fingerprint density at radius 1 is 1.22 bits per heavy atom. The standard InChI is InChI=1S/C13H17N5/c1-4-10-9(3)17-13(18-12(10)15-5-2)11-6-7-14-8-16-11/h6-8H,4-5H2,1-3H3,(H,15,17,18). The van der Waals surface area contributed by atoms with Crippen LogP contribution in [0.15, 0.2) is 18.6 Å². The topological polar surface area (TPSA) is 63.6 Å². The predicted octanol–water partition coefficient (Wildman–Crippen LogP) is 2.24. The molecule has 0 radical (unpaired) electrons. The molecule has 1 N–H and O–H groups in total. The van der Waals surface area contributed by atoms with Crippen LogP contribution in [0.3, 0.4) is 0 Å². The number of aromatic nitrogens is 4. The lowest BCUT2D eigenvalue weighted by Gasteiger charge is -2.12. The van der Waals surface area contributed by atoms with E-state index in [0.717, 1.165) is 35.7 Å². The Kier molecular flexibility index (Phi) is 3.82. The van der Waals surface area contributed by atoms with Gasteiger partial charge in [0.25, 0.3) is 0 Å². The Bertz CT molecular complexity index is 524. The van der Waals surface area contributed by atoms with Gasteiger partial charge in [0.1, 0.15) is 17.8 Å². The summed E-state index contributed by atoms with van der Waals surface area (Å²) in [7, 11) is 0. The van der Waals surface area contributed by atoms with Crippen molar-refractivity contribution in [3.63, 3.8) is 0 Å². The van der Waals surface area contributed by atoms with Gasteiger partial charge in [-0.1, -0.05) is 6.92 Å². The van der Waals surface area contributed by atoms with Crippen molar-refractivity contribution in [3.8, 4) is 11.5 Å². The van der Waals surface area contributed by atoms with E-state index in [-0.39, 0.29) is 0 Å². The summed E-state index contributed by atoms with van der Waals surface area (Å²) < 4.78 is 0. The van der Waals surface area contributed by atoms with E-state index >= 15 is 0 Å². The fourth-order valence-electron chi connectivity index (χ4n) is 1.87. The first-order valence-electron chi connectivity index (χ1n) is 6.14. The molecule has 0 saturated heterocycles. The summed E-state index contributed by atoms with van der Waals surface area (Å²) in [6, 6.07) is 1.82. The van der Waals surface area contributed by atoms with Crippen LogP contribution in [0.25, 0.3) is 11.5 Å². The lowest BCUT2D eigenvalue weighted by Crippen LogP contribution is -2.08. The van der Waals surface area contributed by atoms with E-state index in [9.17, 15) is 0 Å². The van der Waals surface area contributed by atoms with Gasteiger partial charge in [0.05, 0.1) is 0 Å². The third kappa shape index (κ3) is 2.45. The minimum Gasteiger partial charge on any atom is -0.370 e. The molecule has 0 aromatic carbocycles. The second kappa shape index (κ2) is 5.53. The smallest absolute Gasteiger partial charge is 0.180 e. The van der Waals surface area contributed by atoms with Gasteiger partial charge >= 0.3 is 0 Å². The molecule has 0 aliphatic carbocycles. The first-order valence-corrected chi connectivity index (χ1v) is 6.14. The molecule has 5 nitrogen and oxygen atoms in total. The zero-order valence-electron chi connectivity index (χ0n) is 10.9. The molecule has 0 bridgehead atoms. The van der Waals surface area contributed by atoms with E-state index in [0.29, 0.717) is 5.82 Å². The first kappa shape index (κ1) is 12.4. The Morgan fingerprint density at radius 3 is 2.67 bits per heavy atom. The monoisotopic (exact) mass is 243 g/mol. The molecule has 2 aromatic heterocycles. The number of hydrogen-bond acceptors (Lipinski definition) is 5. The van der Waals surface area contributed by atoms with Gasteiger partial charge in [-0.3, -0.25) is 0 Å². The molecule has 0 aliphatic rings. The minimum absolute atomic E-state index is 0.642. The Morgan fingerprint density at radius 2 is 2.06 bits per heavy atom. The maximum absolute atomic E-state index is 4.55. The van der Waals surface area contributed by atoms with E-state index in [4.69, 9.17) is 0 Å². The second-order valence-corrected chi connectivity index (χ2v) is 3.94. The van der Waals surface area contributed by atoms with Gasteiger partial charge in [0, 0.05) is 24.0 Å². The van der Waals surface area contributed by atoms with E-state index in [1.807, 2.05) is 13.0 Å². The molecule has 0 unspecified atom stereocenters. The van der Waals surface area contributed by atoms with Gasteiger partial charge in [-0.15, -0.1) is 0 Å². The van der Waals surface area contributed by atoms with Crippen molar-refractivity contribution in [1.82, 2.24) is 19.9 Å². The van der Waals surface area contributed by atoms with Crippen molar-refractivity contribution in [2.24, 2.45) is 0 Å². The maximum atomic E-state index is 4.55. The molecule has 18 heavy (non-hydrogen) atoms. The number of rotatable bonds is 4. The van der Waals surface area contributed by atoms with E-state index in [1.54, 1.807) is 6.20 Å². The predicted molar refractivity (Wildman–Crippen MR) is 71.3 cm³/mol. The van der Waals surface area contributed by atoms with Crippen LogP contribution >= 0.6 is 0 Å². The normalized spacial score (nSPS) is 10.4. The third-order valence-corrected chi connectivity index (χ3v) is 2.72. The summed E-state index contributed by atoms with van der Waals surface area (Å²) in [5.74, 6) is 1.55. The number of aryl methyl sites for hydroxylation is 1. The molecule has 2 rings (SSSR count). The molecule has 0 fully saturated rings. The van der Waals surface area contributed by atoms with Gasteiger partial charge in [0.15, 0.2) is 5.82 Å². The number of nitrogens with one attached hydrogen (secondary N) is 1. The summed E-state index contributed by atoms with van der Waals surface area (Å²) >= 11 is 0. The molecule has 2 aromatic rings. The zero-order valence-corrected chi connectivity index (χ0v) is 10.9. The molecule has 0 amide bonds. The van der Waals surface area contributed by atoms with Crippen molar-refractivity contribution >= 4 is 5.82 Å². The van der Waals surface area contributed by atoms with Gasteiger partial charge < -0.3 is 5.32 Å². The van der Waals surface area contributed by atoms with Crippen molar-refractivity contribution in [3.05, 3.63) is 29.8 Å². The average Bonchev–Trinajstić information content (AvgIpc) is 2.40. The highest BCUT2D eigenvalue weighted by Gasteiger charge is 2.11. The van der Waals surface area contributed by atoms with Gasteiger partial charge in [-0.05, 0) is 26.3 Å². The highest BCUT2D eigenvalue weighted by atomic mass is 15.0. The Hall–Kier alpha value is -2.04. The van der Waals surface area contributed by atoms with Crippen molar-refractivity contribution < 1.29 is 0 Å². The van der Waals surface area contributed by atoms with Crippen LogP contribution in [-0.2, 0) is 6.42 Å². The van der Waals surface area contributed by atoms with Crippen LogP contribution in [0.5, 0.6) is 0 Å². The van der Waals surface area contributed by atoms with Crippen LogP contribution in [0, 0.1) is 6.92 Å². The quantitative estimate of drug-likeness (QED) is 0.892. The summed E-state index contributed by atoms with van der Waals surface area (Å²) in [4.78, 5) is 17.2. The van der Waals surface area contributed by atoms with Crippen LogP contribution in [-0.4, -0.2) is 26.5 Å². The van der Waals surface area contributed by atoms with E-state index < -0.39 is 0 Å². The lowest BCUT2D eigenvalue weighted by molar-refractivity contribution is 0.980. The molecular formula is C13H17N5. The van der Waals surface area contributed by atoms with Crippen LogP contribution in [0.4, 0.5) is 5.82 Å². The summed E-state index contributed by atoms with van der Waals surface area (Å²) in [6.07, 6.45) is 4.12. The third-order valence-electron chi connectivity index (χ3n) is 2.72. The van der Waals surface area contributed by atoms with Gasteiger partial charge in [0.2, 0.25) is 0 Å². The van der Waals surface area contributed by atoms with Crippen LogP contribution in [0.1, 0.15) is 25.1 Å². The SMILES string of the molecule is CCNc1nc(-c2ccncn2)nc(C)c1CC. The molecule has 2 heterocycles. The molecule has 94 valence electrons. The summed E-state index contributed by atoms with van der Waals surface area (Å²) in [5, 5.41) is 3.28. The molecular weight excluding hydrogens is 226 g/mol. The molecule has 0 saturated carbocycles. The van der Waals surface area contributed by atoms with Crippen molar-refractivity contribution in [2.75, 3.05) is 11.9 Å². The Labute approximate surface area is 107 Å². The zero-order chi connectivity index (χ0) is 13.0. The molecule has 5 heteroatoms. The van der Waals surface area contributed by atoms with E-state index in [2.05, 4.69) is 39.1 Å². The summed E-state index contributed by atoms with van der Waals surface area (Å²) in [6.45, 7) is 7.01. The molecule has 0 aliphatic heterocycles. The van der Waals surface area contributed by atoms with Crippen molar-refractivity contribution in [2.45, 2.75) is 27.2 Å². The largest absolute Gasteiger partial charge is 0.370 e. The summed E-state index contributed by atoms with van der Waals surface area (Å²) in [5.41, 5.74) is 2.90. The second-order valence-electron chi connectivity index (χ2n) is 3.94. The molecule has 0 atom stereocenters. The number of nitrogens with zero attached hydrogens (tertiary/aromatic N) is 4. The van der Waals surface area contributed by atoms with E-state index in [1.165, 1.54) is 6.33 Å². The number of anilines is 1. The maximum Gasteiger partial charge on any atom is 0.180 e. The highest BCUT2D eigenvalue weighted by molar-refractivity contribution is 5.56. The van der Waals surface area contributed by atoms with Gasteiger partial charge in [-0.25, -0.2) is 19.9 Å². The van der Waals surface area contributed by atoms with Gasteiger partial charge in [-0.2, -0.15) is 0 Å². The van der Waals surface area contributed by atoms with Crippen LogP contribution < -0.4 is 5.32 Å². The number of hydrogen-bond donors (Lipinski definition) is 1. The average molecular weight is 243 g/mol. The Balaban J connectivity index is 2.51. The fraction of sp³-hybridized carbons (Fsp3) is 0.385. The van der Waals surface area contributed by atoms with Crippen LogP contribution in [0.2, 0.25) is 0 Å². The minimum atomic E-state index is 0.642. The highest BCUT2D eigenvalue weighted by Crippen LogP contribution is 2.21. The van der Waals surface area contributed by atoms with Crippen molar-refractivity contribution in [1.29, 1.82) is 0 Å². The lowest BCUT2D eigenvalue weighted by atomic mass is 10.1. The fourth-order valence-corrected chi connectivity index (χ4v) is 1.87. The molecule has 0 spiro atoms. The first-order chi connectivity index (χ1) is 8.76.